The lowest BCUT2D eigenvalue weighted by Crippen LogP contribution is -2.02. The van der Waals surface area contributed by atoms with Gasteiger partial charge in [0.05, 0.1) is 10.6 Å². The Morgan fingerprint density at radius 2 is 1.92 bits per heavy atom. The minimum atomic E-state index is 0.215. The van der Waals surface area contributed by atoms with Gasteiger partial charge in [0.1, 0.15) is 5.75 Å². The number of ether oxygens (including phenoxy) is 1. The lowest BCUT2D eigenvalue weighted by atomic mass is 10.1. The molecule has 0 N–H and O–H groups in total. The Hall–Kier alpha value is -1.80. The van der Waals surface area contributed by atoms with E-state index in [1.54, 1.807) is 18.2 Å². The molecule has 0 saturated heterocycles. The Labute approximate surface area is 158 Å². The maximum atomic E-state index is 11.1. The third-order valence-corrected chi connectivity index (χ3v) is 4.78. The first-order valence-corrected chi connectivity index (χ1v) is 8.48. The topological polar surface area (TPSA) is 30.7 Å². The number of rotatable bonds is 6. The Kier molecular flexibility index (Phi) is 6.86. The van der Waals surface area contributed by atoms with Crippen LogP contribution in [-0.2, 0) is 0 Å². The van der Waals surface area contributed by atoms with Gasteiger partial charge < -0.3 is 9.58 Å². The van der Waals surface area contributed by atoms with Gasteiger partial charge in [-0.15, -0.1) is 0 Å². The first-order valence-electron chi connectivity index (χ1n) is 6.93. The highest BCUT2D eigenvalue weighted by Gasteiger charge is 2.09. The van der Waals surface area contributed by atoms with E-state index in [0.29, 0.717) is 33.2 Å². The van der Waals surface area contributed by atoms with Gasteiger partial charge >= 0.3 is 0 Å². The molecule has 0 aliphatic rings. The summed E-state index contributed by atoms with van der Waals surface area (Å²) in [6.45, 7) is 7.21. The predicted octanol–water partition coefficient (Wildman–Crippen LogP) is 6.04. The first kappa shape index (κ1) is 18.5. The molecule has 0 amide bonds. The smallest absolute Gasteiger partial charge is 0.248 e. The molecule has 2 rings (SSSR count). The number of carbonyl (C=O) groups is 1. The van der Waals surface area contributed by atoms with Crippen LogP contribution in [0.15, 0.2) is 34.8 Å². The van der Waals surface area contributed by atoms with Crippen LogP contribution in [0.5, 0.6) is 5.75 Å². The van der Waals surface area contributed by atoms with Gasteiger partial charge in [0.15, 0.2) is 12.9 Å². The van der Waals surface area contributed by atoms with E-state index < -0.39 is 0 Å². The number of hydrogen-bond acceptors (Lipinski definition) is 2. The Bertz CT molecular complexity index is 828. The van der Waals surface area contributed by atoms with E-state index >= 15 is 0 Å². The summed E-state index contributed by atoms with van der Waals surface area (Å²) in [6.07, 6.45) is 4.31. The molecule has 0 aliphatic heterocycles. The first-order chi connectivity index (χ1) is 11.6. The number of hydrogen-bond donors (Lipinski definition) is 0. The minimum Gasteiger partial charge on any atom is -0.485 e. The second-order valence-corrected chi connectivity index (χ2v) is 6.38. The fraction of sp³-hybridized carbons (Fsp3) is 0.111. The molecule has 0 spiro atoms. The van der Waals surface area contributed by atoms with Crippen molar-refractivity contribution in [3.63, 3.8) is 0 Å². The van der Waals surface area contributed by atoms with E-state index in [4.69, 9.17) is 34.5 Å². The van der Waals surface area contributed by atoms with E-state index in [1.807, 2.05) is 24.3 Å². The number of nitrogens with zero attached hydrogens (tertiary/aromatic N) is 1. The summed E-state index contributed by atoms with van der Waals surface area (Å²) in [5, 5.41) is 1.03. The molecule has 0 aliphatic carbocycles. The summed E-state index contributed by atoms with van der Waals surface area (Å²) < 4.78 is 6.29. The molecule has 0 fully saturated rings. The SMILES string of the molecule is [C-]#[N+]CCOc1cc(/C=C/c2cccc(Br)c2Cl)c(Cl)cc1C=O. The van der Waals surface area contributed by atoms with Gasteiger partial charge in [0.25, 0.3) is 0 Å². The molecule has 0 heterocycles. The van der Waals surface area contributed by atoms with Crippen molar-refractivity contribution in [2.24, 2.45) is 0 Å². The molecule has 0 aromatic heterocycles. The molecule has 6 heteroatoms. The van der Waals surface area contributed by atoms with Crippen molar-refractivity contribution in [1.82, 2.24) is 0 Å². The van der Waals surface area contributed by atoms with Gasteiger partial charge in [0, 0.05) is 9.50 Å². The van der Waals surface area contributed by atoms with Crippen LogP contribution in [0.2, 0.25) is 10.0 Å². The molecule has 0 unspecified atom stereocenters. The molecule has 24 heavy (non-hydrogen) atoms. The van der Waals surface area contributed by atoms with Crippen molar-refractivity contribution in [2.45, 2.75) is 0 Å². The highest BCUT2D eigenvalue weighted by atomic mass is 79.9. The fourth-order valence-corrected chi connectivity index (χ4v) is 2.76. The predicted molar refractivity (Wildman–Crippen MR) is 102 cm³/mol. The van der Waals surface area contributed by atoms with Gasteiger partial charge in [-0.3, -0.25) is 4.79 Å². The maximum absolute atomic E-state index is 11.1. The zero-order valence-corrected chi connectivity index (χ0v) is 15.5. The van der Waals surface area contributed by atoms with Crippen LogP contribution >= 0.6 is 39.1 Å². The van der Waals surface area contributed by atoms with Crippen molar-refractivity contribution in [2.75, 3.05) is 13.2 Å². The van der Waals surface area contributed by atoms with Crippen LogP contribution in [0.4, 0.5) is 0 Å². The zero-order valence-electron chi connectivity index (χ0n) is 12.4. The quantitative estimate of drug-likeness (QED) is 0.245. The zero-order chi connectivity index (χ0) is 17.5. The molecule has 0 atom stereocenters. The van der Waals surface area contributed by atoms with Gasteiger partial charge in [-0.25, -0.2) is 6.57 Å². The molecule has 2 aromatic rings. The molecule has 122 valence electrons. The standard InChI is InChI=1S/C18H12BrCl2NO2/c1-22-7-8-24-17-10-13(16(20)9-14(17)11-23)6-5-12-3-2-4-15(19)18(12)21/h2-6,9-11H,7-8H2/b6-5+. The van der Waals surface area contributed by atoms with E-state index in [2.05, 4.69) is 20.8 Å². The van der Waals surface area contributed by atoms with Crippen LogP contribution in [0.3, 0.4) is 0 Å². The third-order valence-electron chi connectivity index (χ3n) is 3.14. The average Bonchev–Trinajstić information content (AvgIpc) is 2.58. The lowest BCUT2D eigenvalue weighted by Gasteiger charge is -2.09. The summed E-state index contributed by atoms with van der Waals surface area (Å²) in [5.74, 6) is 0.401. The van der Waals surface area contributed by atoms with E-state index in [9.17, 15) is 4.79 Å². The van der Waals surface area contributed by atoms with Crippen LogP contribution in [-0.4, -0.2) is 19.4 Å². The van der Waals surface area contributed by atoms with Crippen molar-refractivity contribution in [3.05, 3.63) is 73.0 Å². The molecule has 0 radical (unpaired) electrons. The van der Waals surface area contributed by atoms with E-state index in [-0.39, 0.29) is 13.2 Å². The van der Waals surface area contributed by atoms with Gasteiger partial charge in [-0.2, -0.15) is 0 Å². The van der Waals surface area contributed by atoms with Crippen molar-refractivity contribution >= 4 is 57.6 Å². The molecule has 2 aromatic carbocycles. The molecule has 0 bridgehead atoms. The van der Waals surface area contributed by atoms with Crippen LogP contribution in [0.25, 0.3) is 17.0 Å². The van der Waals surface area contributed by atoms with E-state index in [0.717, 1.165) is 10.0 Å². The number of halogens is 3. The fourth-order valence-electron chi connectivity index (χ4n) is 1.96. The summed E-state index contributed by atoms with van der Waals surface area (Å²) in [6, 6.07) is 8.84. The molecule has 3 nitrogen and oxygen atoms in total. The Morgan fingerprint density at radius 1 is 1.17 bits per heavy atom. The van der Waals surface area contributed by atoms with Crippen molar-refractivity contribution in [3.8, 4) is 5.75 Å². The van der Waals surface area contributed by atoms with E-state index in [1.165, 1.54) is 0 Å². The normalized spacial score (nSPS) is 10.6. The number of carbonyl (C=O) groups excluding carboxylic acids is 1. The maximum Gasteiger partial charge on any atom is 0.248 e. The number of benzene rings is 2. The van der Waals surface area contributed by atoms with Crippen LogP contribution in [0.1, 0.15) is 21.5 Å². The summed E-state index contributed by atoms with van der Waals surface area (Å²) in [7, 11) is 0. The lowest BCUT2D eigenvalue weighted by molar-refractivity contribution is 0.112. The highest BCUT2D eigenvalue weighted by molar-refractivity contribution is 9.10. The largest absolute Gasteiger partial charge is 0.485 e. The Balaban J connectivity index is 2.34. The second-order valence-electron chi connectivity index (χ2n) is 4.74. The average molecular weight is 425 g/mol. The van der Waals surface area contributed by atoms with Crippen molar-refractivity contribution < 1.29 is 9.53 Å². The summed E-state index contributed by atoms with van der Waals surface area (Å²) >= 11 is 15.8. The number of aldehydes is 1. The minimum absolute atomic E-state index is 0.215. The summed E-state index contributed by atoms with van der Waals surface area (Å²) in [4.78, 5) is 14.4. The third kappa shape index (κ3) is 4.61. The van der Waals surface area contributed by atoms with Gasteiger partial charge in [-0.05, 0) is 45.3 Å². The van der Waals surface area contributed by atoms with Crippen molar-refractivity contribution in [1.29, 1.82) is 0 Å². The van der Waals surface area contributed by atoms with Gasteiger partial charge in [0.2, 0.25) is 6.54 Å². The molecule has 0 saturated carbocycles. The molecular weight excluding hydrogens is 413 g/mol. The summed E-state index contributed by atoms with van der Waals surface area (Å²) in [5.41, 5.74) is 1.87. The van der Waals surface area contributed by atoms with Crippen LogP contribution in [0, 0.1) is 6.57 Å². The van der Waals surface area contributed by atoms with Crippen LogP contribution < -0.4 is 4.74 Å². The second kappa shape index (κ2) is 8.89. The highest BCUT2D eigenvalue weighted by Crippen LogP contribution is 2.30. The molecular formula is C18H12BrCl2NO2. The van der Waals surface area contributed by atoms with Gasteiger partial charge in [-0.1, -0.05) is 47.5 Å². The Morgan fingerprint density at radius 3 is 2.62 bits per heavy atom. The monoisotopic (exact) mass is 423 g/mol.